The second-order valence-corrected chi connectivity index (χ2v) is 9.02. The van der Waals surface area contributed by atoms with Crippen LogP contribution in [0.5, 0.6) is 5.88 Å². The maximum atomic E-state index is 14.5. The third kappa shape index (κ3) is 4.51. The molecule has 1 aliphatic heterocycles. The summed E-state index contributed by atoms with van der Waals surface area (Å²) in [6.45, 7) is 1.93. The van der Waals surface area contributed by atoms with Gasteiger partial charge in [-0.1, -0.05) is 35.9 Å². The number of rotatable bonds is 5. The fourth-order valence-corrected chi connectivity index (χ4v) is 4.83. The Hall–Kier alpha value is -4.31. The van der Waals surface area contributed by atoms with E-state index in [0.29, 0.717) is 45.2 Å². The minimum Gasteiger partial charge on any atom is -0.478 e. The van der Waals surface area contributed by atoms with Crippen molar-refractivity contribution in [2.75, 3.05) is 18.6 Å². The second kappa shape index (κ2) is 9.62. The Balaban J connectivity index is 1.70. The Morgan fingerprint density at radius 2 is 1.95 bits per heavy atom. The summed E-state index contributed by atoms with van der Waals surface area (Å²) >= 11 is 6.46. The normalized spacial score (nSPS) is 15.0. The highest BCUT2D eigenvalue weighted by Gasteiger charge is 2.37. The molecule has 0 bridgehead atoms. The summed E-state index contributed by atoms with van der Waals surface area (Å²) in [6.07, 6.45) is 1.76. The van der Waals surface area contributed by atoms with Crippen molar-refractivity contribution in [1.29, 1.82) is 0 Å². The van der Waals surface area contributed by atoms with E-state index in [4.69, 9.17) is 27.8 Å². The summed E-state index contributed by atoms with van der Waals surface area (Å²) in [5.74, 6) is -0.453. The zero-order valence-corrected chi connectivity index (χ0v) is 20.8. The van der Waals surface area contributed by atoms with Gasteiger partial charge in [0.05, 0.1) is 42.0 Å². The summed E-state index contributed by atoms with van der Waals surface area (Å²) in [4.78, 5) is 32.8. The highest BCUT2D eigenvalue weighted by Crippen LogP contribution is 2.40. The number of nitrogen functional groups attached to an aromatic ring is 2. The third-order valence-corrected chi connectivity index (χ3v) is 6.70. The number of fused-ring (bicyclic) bond motifs is 1. The number of anilines is 2. The van der Waals surface area contributed by atoms with Crippen molar-refractivity contribution in [3.63, 3.8) is 0 Å². The number of halogens is 2. The molecule has 0 radical (unpaired) electrons. The number of amides is 1. The number of carbonyl (C=O) groups excluding carboxylic acids is 1. The van der Waals surface area contributed by atoms with E-state index >= 15 is 0 Å². The molecule has 188 valence electrons. The lowest BCUT2D eigenvalue weighted by molar-refractivity contribution is 0.0625. The first kappa shape index (κ1) is 24.4. The molecular weight excluding hydrogens is 497 g/mol. The van der Waals surface area contributed by atoms with Gasteiger partial charge in [-0.3, -0.25) is 4.79 Å². The number of ether oxygens (including phenoxy) is 1. The fraction of sp³-hybridized carbons (Fsp3) is 0.192. The van der Waals surface area contributed by atoms with Crippen molar-refractivity contribution in [2.24, 2.45) is 0 Å². The first-order valence-electron chi connectivity index (χ1n) is 11.4. The molecule has 3 heterocycles. The van der Waals surface area contributed by atoms with Crippen molar-refractivity contribution in [3.05, 3.63) is 87.6 Å². The number of aromatic nitrogens is 4. The monoisotopic (exact) mass is 519 g/mol. The van der Waals surface area contributed by atoms with Crippen molar-refractivity contribution >= 4 is 29.3 Å². The molecule has 11 heteroatoms. The Morgan fingerprint density at radius 3 is 2.70 bits per heavy atom. The van der Waals surface area contributed by atoms with Gasteiger partial charge in [-0.05, 0) is 36.2 Å². The van der Waals surface area contributed by atoms with Gasteiger partial charge in [-0.25, -0.2) is 24.3 Å². The van der Waals surface area contributed by atoms with Crippen LogP contribution in [0.25, 0.3) is 11.3 Å². The molecule has 2 aromatic heterocycles. The van der Waals surface area contributed by atoms with E-state index in [1.165, 1.54) is 25.4 Å². The topological polar surface area (TPSA) is 133 Å². The van der Waals surface area contributed by atoms with Crippen LogP contribution in [0.4, 0.5) is 16.2 Å². The summed E-state index contributed by atoms with van der Waals surface area (Å²) in [7, 11) is 1.42. The average Bonchev–Trinajstić information content (AvgIpc) is 2.86. The summed E-state index contributed by atoms with van der Waals surface area (Å²) < 4.78 is 19.8. The zero-order chi connectivity index (χ0) is 26.3. The van der Waals surface area contributed by atoms with Gasteiger partial charge in [0.1, 0.15) is 5.82 Å². The first-order chi connectivity index (χ1) is 17.8. The van der Waals surface area contributed by atoms with Crippen molar-refractivity contribution in [3.8, 4) is 17.1 Å². The maximum Gasteiger partial charge on any atom is 0.258 e. The molecule has 0 saturated heterocycles. The van der Waals surface area contributed by atoms with Crippen molar-refractivity contribution < 1.29 is 13.9 Å². The summed E-state index contributed by atoms with van der Waals surface area (Å²) in [6, 6.07) is 11.1. The van der Waals surface area contributed by atoms with Crippen LogP contribution in [0, 0.1) is 12.7 Å². The Labute approximate surface area is 217 Å². The van der Waals surface area contributed by atoms with Gasteiger partial charge in [-0.15, -0.1) is 0 Å². The first-order valence-corrected chi connectivity index (χ1v) is 11.8. The van der Waals surface area contributed by atoms with Crippen molar-refractivity contribution in [1.82, 2.24) is 24.8 Å². The predicted molar refractivity (Wildman–Crippen MR) is 137 cm³/mol. The SMILES string of the molecule is COc1nc(-c2cc(F)ccc2[C@H]2Cc3nc(N)nc(C)c3C(=O)N2Cc2ccccc2Cl)cnc1N. The van der Waals surface area contributed by atoms with Crippen molar-refractivity contribution in [2.45, 2.75) is 25.9 Å². The van der Waals surface area contributed by atoms with E-state index < -0.39 is 11.9 Å². The van der Waals surface area contributed by atoms with Gasteiger partial charge in [0.2, 0.25) is 5.95 Å². The molecule has 0 unspecified atom stereocenters. The minimum absolute atomic E-state index is 0.0795. The van der Waals surface area contributed by atoms with Gasteiger partial charge >= 0.3 is 0 Å². The largest absolute Gasteiger partial charge is 0.478 e. The van der Waals surface area contributed by atoms with Gasteiger partial charge in [0, 0.05) is 23.6 Å². The second-order valence-electron chi connectivity index (χ2n) is 8.61. The third-order valence-electron chi connectivity index (χ3n) is 6.33. The lowest BCUT2D eigenvalue weighted by atomic mass is 9.88. The van der Waals surface area contributed by atoms with E-state index in [1.54, 1.807) is 24.0 Å². The minimum atomic E-state index is -0.550. The number of aryl methyl sites for hydroxylation is 1. The molecule has 0 aliphatic carbocycles. The molecule has 1 atom stereocenters. The maximum absolute atomic E-state index is 14.5. The molecule has 1 aliphatic rings. The molecule has 4 aromatic rings. The Kier molecular flexibility index (Phi) is 6.34. The number of carbonyl (C=O) groups is 1. The van der Waals surface area contributed by atoms with Gasteiger partial charge in [0.25, 0.3) is 11.8 Å². The Bertz CT molecular complexity index is 1530. The van der Waals surface area contributed by atoms with Crippen LogP contribution in [-0.2, 0) is 13.0 Å². The van der Waals surface area contributed by atoms with Crippen LogP contribution >= 0.6 is 11.6 Å². The lowest BCUT2D eigenvalue weighted by Crippen LogP contribution is -2.41. The highest BCUT2D eigenvalue weighted by atomic mass is 35.5. The zero-order valence-electron chi connectivity index (χ0n) is 20.1. The standard InChI is InChI=1S/C26H23ClFN7O2/c1-13-22-19(34-26(30)32-13)10-21(35(25(22)36)12-14-5-3-4-6-18(14)27)16-8-7-15(28)9-17(16)20-11-31-23(29)24(33-20)37-2/h3-9,11,21H,10,12H2,1-2H3,(H2,29,31)(H2,30,32,34)/t21-/m1/s1. The van der Waals surface area contributed by atoms with Crippen LogP contribution in [0.1, 0.15) is 38.9 Å². The number of hydrogen-bond donors (Lipinski definition) is 2. The van der Waals surface area contributed by atoms with E-state index in [0.717, 1.165) is 5.56 Å². The number of nitrogens with zero attached hydrogens (tertiary/aromatic N) is 5. The highest BCUT2D eigenvalue weighted by molar-refractivity contribution is 6.31. The molecule has 0 saturated carbocycles. The number of nitrogens with two attached hydrogens (primary N) is 2. The molecule has 9 nitrogen and oxygen atoms in total. The molecule has 5 rings (SSSR count). The van der Waals surface area contributed by atoms with E-state index in [9.17, 15) is 9.18 Å². The van der Waals surface area contributed by atoms with Gasteiger partial charge < -0.3 is 21.1 Å². The van der Waals surface area contributed by atoms with E-state index in [1.807, 2.05) is 18.2 Å². The van der Waals surface area contributed by atoms with Crippen LogP contribution in [0.2, 0.25) is 5.02 Å². The number of benzene rings is 2. The smallest absolute Gasteiger partial charge is 0.258 e. The van der Waals surface area contributed by atoms with Crippen LogP contribution < -0.4 is 16.2 Å². The molecule has 0 fully saturated rings. The molecular formula is C26H23ClFN7O2. The summed E-state index contributed by atoms with van der Waals surface area (Å²) in [5.41, 5.74) is 15.4. The average molecular weight is 520 g/mol. The lowest BCUT2D eigenvalue weighted by Gasteiger charge is -2.38. The number of methoxy groups -OCH3 is 1. The summed E-state index contributed by atoms with van der Waals surface area (Å²) in [5, 5.41) is 0.526. The van der Waals surface area contributed by atoms with Gasteiger partial charge in [0.15, 0.2) is 5.82 Å². The molecule has 37 heavy (non-hydrogen) atoms. The predicted octanol–water partition coefficient (Wildman–Crippen LogP) is 4.15. The fourth-order valence-electron chi connectivity index (χ4n) is 4.63. The Morgan fingerprint density at radius 1 is 1.16 bits per heavy atom. The number of hydrogen-bond acceptors (Lipinski definition) is 8. The van der Waals surface area contributed by atoms with Crippen LogP contribution in [0.3, 0.4) is 0 Å². The molecule has 0 spiro atoms. The van der Waals surface area contributed by atoms with E-state index in [-0.39, 0.29) is 30.1 Å². The quantitative estimate of drug-likeness (QED) is 0.402. The molecule has 2 aromatic carbocycles. The van der Waals surface area contributed by atoms with E-state index in [2.05, 4.69) is 19.9 Å². The molecule has 1 amide bonds. The van der Waals surface area contributed by atoms with Gasteiger partial charge in [-0.2, -0.15) is 0 Å². The van der Waals surface area contributed by atoms with Crippen LogP contribution in [0.15, 0.2) is 48.7 Å². The van der Waals surface area contributed by atoms with Crippen LogP contribution in [-0.4, -0.2) is 37.9 Å². The molecule has 4 N–H and O–H groups in total.